The minimum Gasteiger partial charge on any atom is -0.0622 e. The minimum atomic E-state index is 0.402. The molecule has 2 aromatic carbocycles. The van der Waals surface area contributed by atoms with Crippen molar-refractivity contribution >= 4 is 0 Å². The molecule has 0 nitrogen and oxygen atoms in total. The predicted molar refractivity (Wildman–Crippen MR) is 100 cm³/mol. The van der Waals surface area contributed by atoms with E-state index in [-0.39, 0.29) is 0 Å². The molecule has 0 saturated heterocycles. The first kappa shape index (κ1) is 14.8. The van der Waals surface area contributed by atoms with Crippen LogP contribution < -0.4 is 0 Å². The third-order valence-corrected chi connectivity index (χ3v) is 7.80. The minimum absolute atomic E-state index is 0.402. The van der Waals surface area contributed by atoms with E-state index in [0.717, 1.165) is 11.8 Å². The van der Waals surface area contributed by atoms with Gasteiger partial charge in [0.1, 0.15) is 0 Å². The van der Waals surface area contributed by atoms with Gasteiger partial charge in [-0.05, 0) is 48.6 Å². The van der Waals surface area contributed by atoms with Crippen LogP contribution in [0.1, 0.15) is 62.5 Å². The highest BCUT2D eigenvalue weighted by Crippen LogP contribution is 2.74. The quantitative estimate of drug-likeness (QED) is 0.613. The van der Waals surface area contributed by atoms with E-state index in [1.54, 1.807) is 11.1 Å². The topological polar surface area (TPSA) is 0 Å². The average Bonchev–Trinajstić information content (AvgIpc) is 2.67. The summed E-state index contributed by atoms with van der Waals surface area (Å²) in [4.78, 5) is 0. The van der Waals surface area contributed by atoms with Gasteiger partial charge in [-0.25, -0.2) is 0 Å². The van der Waals surface area contributed by atoms with Gasteiger partial charge in [0.25, 0.3) is 0 Å². The van der Waals surface area contributed by atoms with Crippen molar-refractivity contribution in [3.05, 3.63) is 71.8 Å². The fourth-order valence-electron chi connectivity index (χ4n) is 7.20. The molecular weight excluding hydrogens is 288 g/mol. The molecule has 0 heteroatoms. The van der Waals surface area contributed by atoms with E-state index < -0.39 is 0 Å². The summed E-state index contributed by atoms with van der Waals surface area (Å²) in [5.74, 6) is 1.82. The molecule has 0 bridgehead atoms. The van der Waals surface area contributed by atoms with Crippen molar-refractivity contribution in [1.29, 1.82) is 0 Å². The molecule has 5 rings (SSSR count). The zero-order valence-corrected chi connectivity index (χ0v) is 14.6. The SMILES string of the molecule is c1ccc([C@@]23CCCC[C@@H]2[C@H]2CCCC[C@]23c2ccccc2)cc1. The standard InChI is InChI=1S/C24H28/c1-3-11-19(12-4-1)23-17-9-7-15-21(23)22-16-8-10-18-24(22,23)20-13-5-2-6-14-20/h1-6,11-14,21-22H,7-10,15-18H2/t21-,22-,23+,24+/m1/s1. The molecule has 3 saturated carbocycles. The molecule has 0 spiro atoms. The lowest BCUT2D eigenvalue weighted by molar-refractivity contribution is -0.142. The number of hydrogen-bond donors (Lipinski definition) is 0. The van der Waals surface area contributed by atoms with Crippen molar-refractivity contribution in [3.63, 3.8) is 0 Å². The zero-order chi connectivity index (χ0) is 16.0. The number of fused-ring (bicyclic) bond motifs is 4. The molecular formula is C24H28. The van der Waals surface area contributed by atoms with E-state index >= 15 is 0 Å². The second kappa shape index (κ2) is 5.48. The van der Waals surface area contributed by atoms with Gasteiger partial charge in [0.15, 0.2) is 0 Å². The van der Waals surface area contributed by atoms with Crippen LogP contribution in [0.3, 0.4) is 0 Å². The van der Waals surface area contributed by atoms with Crippen LogP contribution in [0.2, 0.25) is 0 Å². The molecule has 3 aliphatic rings. The van der Waals surface area contributed by atoms with Gasteiger partial charge in [-0.1, -0.05) is 86.3 Å². The Kier molecular flexibility index (Phi) is 3.37. The summed E-state index contributed by atoms with van der Waals surface area (Å²) in [7, 11) is 0. The summed E-state index contributed by atoms with van der Waals surface area (Å²) in [6.45, 7) is 0. The average molecular weight is 316 g/mol. The van der Waals surface area contributed by atoms with Gasteiger partial charge >= 0.3 is 0 Å². The summed E-state index contributed by atoms with van der Waals surface area (Å²) < 4.78 is 0. The van der Waals surface area contributed by atoms with Crippen LogP contribution in [0, 0.1) is 11.8 Å². The normalized spacial score (nSPS) is 37.8. The Labute approximate surface area is 146 Å². The van der Waals surface area contributed by atoms with E-state index in [0.29, 0.717) is 10.8 Å². The number of benzene rings is 2. The Morgan fingerprint density at radius 3 is 1.38 bits per heavy atom. The van der Waals surface area contributed by atoms with E-state index in [2.05, 4.69) is 60.7 Å². The summed E-state index contributed by atoms with van der Waals surface area (Å²) in [5, 5.41) is 0. The molecule has 0 heterocycles. The van der Waals surface area contributed by atoms with Crippen LogP contribution >= 0.6 is 0 Å². The van der Waals surface area contributed by atoms with Gasteiger partial charge in [0.2, 0.25) is 0 Å². The summed E-state index contributed by atoms with van der Waals surface area (Å²) >= 11 is 0. The van der Waals surface area contributed by atoms with Crippen LogP contribution in [0.25, 0.3) is 0 Å². The first-order valence-corrected chi connectivity index (χ1v) is 10.0. The third-order valence-electron chi connectivity index (χ3n) is 7.80. The van der Waals surface area contributed by atoms with Crippen molar-refractivity contribution in [1.82, 2.24) is 0 Å². The van der Waals surface area contributed by atoms with Crippen molar-refractivity contribution in [2.24, 2.45) is 11.8 Å². The first-order valence-electron chi connectivity index (χ1n) is 10.0. The fourth-order valence-corrected chi connectivity index (χ4v) is 7.20. The van der Waals surface area contributed by atoms with Crippen LogP contribution in [0.4, 0.5) is 0 Å². The Morgan fingerprint density at radius 1 is 0.542 bits per heavy atom. The second-order valence-electron chi connectivity index (χ2n) is 8.38. The van der Waals surface area contributed by atoms with Crippen molar-refractivity contribution in [2.75, 3.05) is 0 Å². The zero-order valence-electron chi connectivity index (χ0n) is 14.6. The number of rotatable bonds is 2. The van der Waals surface area contributed by atoms with Crippen molar-refractivity contribution < 1.29 is 0 Å². The first-order chi connectivity index (χ1) is 11.9. The van der Waals surface area contributed by atoms with Gasteiger partial charge in [0.05, 0.1) is 0 Å². The lowest BCUT2D eigenvalue weighted by Gasteiger charge is -2.74. The summed E-state index contributed by atoms with van der Waals surface area (Å²) in [6, 6.07) is 23.2. The van der Waals surface area contributed by atoms with Crippen LogP contribution in [-0.2, 0) is 10.8 Å². The Hall–Kier alpha value is -1.56. The van der Waals surface area contributed by atoms with Crippen LogP contribution in [0.15, 0.2) is 60.7 Å². The largest absolute Gasteiger partial charge is 0.0622 e. The molecule has 0 aliphatic heterocycles. The molecule has 0 N–H and O–H groups in total. The second-order valence-corrected chi connectivity index (χ2v) is 8.38. The highest BCUT2D eigenvalue weighted by Gasteiger charge is 2.71. The molecule has 0 unspecified atom stereocenters. The van der Waals surface area contributed by atoms with E-state index in [1.165, 1.54) is 51.4 Å². The van der Waals surface area contributed by atoms with E-state index in [9.17, 15) is 0 Å². The molecule has 0 radical (unpaired) electrons. The lowest BCUT2D eigenvalue weighted by Crippen LogP contribution is -2.72. The van der Waals surface area contributed by atoms with Gasteiger partial charge in [-0.3, -0.25) is 0 Å². The molecule has 3 fully saturated rings. The maximum atomic E-state index is 2.44. The summed E-state index contributed by atoms with van der Waals surface area (Å²) in [5.41, 5.74) is 4.08. The van der Waals surface area contributed by atoms with Crippen molar-refractivity contribution in [3.8, 4) is 0 Å². The Bertz CT molecular complexity index is 640. The smallest absolute Gasteiger partial charge is 0.00837 e. The Morgan fingerprint density at radius 2 is 0.958 bits per heavy atom. The summed E-state index contributed by atoms with van der Waals surface area (Å²) in [6.07, 6.45) is 11.4. The lowest BCUT2D eigenvalue weighted by atomic mass is 9.29. The van der Waals surface area contributed by atoms with E-state index in [1.807, 2.05) is 0 Å². The highest BCUT2D eigenvalue weighted by atomic mass is 14.7. The number of hydrogen-bond acceptors (Lipinski definition) is 0. The van der Waals surface area contributed by atoms with Gasteiger partial charge in [0, 0.05) is 10.8 Å². The maximum Gasteiger partial charge on any atom is 0.00837 e. The molecule has 124 valence electrons. The van der Waals surface area contributed by atoms with Gasteiger partial charge in [-0.2, -0.15) is 0 Å². The monoisotopic (exact) mass is 316 g/mol. The fraction of sp³-hybridized carbons (Fsp3) is 0.500. The predicted octanol–water partition coefficient (Wildman–Crippen LogP) is 6.26. The van der Waals surface area contributed by atoms with Gasteiger partial charge in [-0.15, -0.1) is 0 Å². The van der Waals surface area contributed by atoms with E-state index in [4.69, 9.17) is 0 Å². The molecule has 3 aliphatic carbocycles. The van der Waals surface area contributed by atoms with Crippen LogP contribution in [-0.4, -0.2) is 0 Å². The van der Waals surface area contributed by atoms with Crippen LogP contribution in [0.5, 0.6) is 0 Å². The maximum absolute atomic E-state index is 2.44. The van der Waals surface area contributed by atoms with Crippen molar-refractivity contribution in [2.45, 2.75) is 62.2 Å². The molecule has 4 atom stereocenters. The third kappa shape index (κ3) is 1.70. The van der Waals surface area contributed by atoms with Gasteiger partial charge < -0.3 is 0 Å². The highest BCUT2D eigenvalue weighted by molar-refractivity contribution is 5.48. The molecule has 0 aromatic heterocycles. The molecule has 24 heavy (non-hydrogen) atoms. The Balaban J connectivity index is 1.74. The molecule has 2 aromatic rings. The molecule has 0 amide bonds.